The SMILES string of the molecule is COc1ccc(S(=O)(=O)N(CCC(=O)NO)Cc2ccc([N+](=O)[O-])cc2)cc1. The number of sulfonamides is 1. The number of hydrogen-bond acceptors (Lipinski definition) is 7. The molecule has 0 aliphatic heterocycles. The Bertz CT molecular complexity index is 928. The summed E-state index contributed by atoms with van der Waals surface area (Å²) in [7, 11) is -2.52. The molecule has 0 heterocycles. The van der Waals surface area contributed by atoms with Gasteiger partial charge in [0.1, 0.15) is 5.75 Å². The fourth-order valence-corrected chi connectivity index (χ4v) is 3.82. The van der Waals surface area contributed by atoms with Gasteiger partial charge in [0.05, 0.1) is 16.9 Å². The lowest BCUT2D eigenvalue weighted by Gasteiger charge is -2.22. The van der Waals surface area contributed by atoms with Crippen molar-refractivity contribution in [2.75, 3.05) is 13.7 Å². The van der Waals surface area contributed by atoms with Gasteiger partial charge in [-0.25, -0.2) is 13.9 Å². The number of carbonyl (C=O) groups excluding carboxylic acids is 1. The molecule has 0 atom stereocenters. The molecule has 0 saturated carbocycles. The van der Waals surface area contributed by atoms with E-state index in [9.17, 15) is 23.3 Å². The van der Waals surface area contributed by atoms with Crippen molar-refractivity contribution in [2.45, 2.75) is 17.9 Å². The van der Waals surface area contributed by atoms with Crippen LogP contribution in [0.1, 0.15) is 12.0 Å². The van der Waals surface area contributed by atoms with Gasteiger partial charge in [0.15, 0.2) is 0 Å². The molecule has 11 heteroatoms. The number of carbonyl (C=O) groups is 1. The summed E-state index contributed by atoms with van der Waals surface area (Å²) in [5.41, 5.74) is 1.85. The normalized spacial score (nSPS) is 11.2. The van der Waals surface area contributed by atoms with Crippen LogP contribution in [0.15, 0.2) is 53.4 Å². The average molecular weight is 409 g/mol. The topological polar surface area (TPSA) is 139 Å². The van der Waals surface area contributed by atoms with E-state index in [-0.39, 0.29) is 30.1 Å². The molecular weight excluding hydrogens is 390 g/mol. The summed E-state index contributed by atoms with van der Waals surface area (Å²) in [6.07, 6.45) is -0.265. The Morgan fingerprint density at radius 2 is 1.79 bits per heavy atom. The fourth-order valence-electron chi connectivity index (χ4n) is 2.39. The third-order valence-corrected chi connectivity index (χ3v) is 5.78. The summed E-state index contributed by atoms with van der Waals surface area (Å²) in [5.74, 6) is -0.251. The molecule has 2 N–H and O–H groups in total. The molecule has 0 unspecified atom stereocenters. The molecule has 28 heavy (non-hydrogen) atoms. The third kappa shape index (κ3) is 5.25. The van der Waals surface area contributed by atoms with E-state index in [0.29, 0.717) is 11.3 Å². The molecule has 0 aliphatic rings. The summed E-state index contributed by atoms with van der Waals surface area (Å²) in [6, 6.07) is 11.2. The largest absolute Gasteiger partial charge is 0.497 e. The van der Waals surface area contributed by atoms with Crippen LogP contribution < -0.4 is 10.2 Å². The highest BCUT2D eigenvalue weighted by molar-refractivity contribution is 7.89. The van der Waals surface area contributed by atoms with Gasteiger partial charge in [-0.3, -0.25) is 20.1 Å². The molecule has 0 saturated heterocycles. The molecular formula is C17H19N3O7S. The lowest BCUT2D eigenvalue weighted by molar-refractivity contribution is -0.384. The number of nitrogens with zero attached hydrogens (tertiary/aromatic N) is 2. The maximum Gasteiger partial charge on any atom is 0.269 e. The van der Waals surface area contributed by atoms with Crippen molar-refractivity contribution in [3.8, 4) is 5.75 Å². The number of rotatable bonds is 9. The van der Waals surface area contributed by atoms with E-state index in [2.05, 4.69) is 0 Å². The van der Waals surface area contributed by atoms with Crippen LogP contribution in [0.25, 0.3) is 0 Å². The second kappa shape index (κ2) is 9.26. The zero-order valence-electron chi connectivity index (χ0n) is 14.9. The predicted molar refractivity (Wildman–Crippen MR) is 98.2 cm³/mol. The van der Waals surface area contributed by atoms with Crippen LogP contribution in [0.3, 0.4) is 0 Å². The van der Waals surface area contributed by atoms with E-state index >= 15 is 0 Å². The summed E-state index contributed by atoms with van der Waals surface area (Å²) in [6.45, 7) is -0.303. The lowest BCUT2D eigenvalue weighted by atomic mass is 10.2. The van der Waals surface area contributed by atoms with Crippen LogP contribution in [-0.4, -0.2) is 42.4 Å². The van der Waals surface area contributed by atoms with Gasteiger partial charge in [-0.05, 0) is 29.8 Å². The molecule has 0 aromatic heterocycles. The molecule has 2 aromatic rings. The number of non-ortho nitro benzene ring substituents is 1. The van der Waals surface area contributed by atoms with Crippen molar-refractivity contribution in [3.05, 3.63) is 64.2 Å². The first kappa shape index (κ1) is 21.3. The van der Waals surface area contributed by atoms with Crippen LogP contribution in [-0.2, 0) is 21.4 Å². The number of methoxy groups -OCH3 is 1. The number of benzene rings is 2. The summed E-state index contributed by atoms with van der Waals surface area (Å²) < 4.78 is 32.1. The highest BCUT2D eigenvalue weighted by atomic mass is 32.2. The zero-order chi connectivity index (χ0) is 20.7. The van der Waals surface area contributed by atoms with Gasteiger partial charge in [0.25, 0.3) is 5.69 Å². The number of nitro groups is 1. The standard InChI is InChI=1S/C17H19N3O7S/c1-27-15-6-8-16(9-7-15)28(25,26)19(11-10-17(21)18-22)12-13-2-4-14(5-3-13)20(23)24/h2-9,22H,10-12H2,1H3,(H,18,21). The number of nitrogens with one attached hydrogen (secondary N) is 1. The second-order valence-electron chi connectivity index (χ2n) is 5.72. The van der Waals surface area contributed by atoms with Crippen molar-refractivity contribution >= 4 is 21.6 Å². The van der Waals surface area contributed by atoms with Gasteiger partial charge < -0.3 is 4.74 Å². The van der Waals surface area contributed by atoms with Gasteiger partial charge in [-0.1, -0.05) is 12.1 Å². The van der Waals surface area contributed by atoms with E-state index < -0.39 is 20.9 Å². The monoisotopic (exact) mass is 409 g/mol. The molecule has 2 aromatic carbocycles. The molecule has 0 aliphatic carbocycles. The second-order valence-corrected chi connectivity index (χ2v) is 7.66. The van der Waals surface area contributed by atoms with Crippen LogP contribution >= 0.6 is 0 Å². The summed E-state index contributed by atoms with van der Waals surface area (Å²) >= 11 is 0. The van der Waals surface area contributed by atoms with Crippen molar-refractivity contribution in [1.82, 2.24) is 9.79 Å². The smallest absolute Gasteiger partial charge is 0.269 e. The third-order valence-electron chi connectivity index (χ3n) is 3.92. The molecule has 0 bridgehead atoms. The van der Waals surface area contributed by atoms with E-state index in [4.69, 9.17) is 9.94 Å². The maximum atomic E-state index is 13.0. The number of hydrogen-bond donors (Lipinski definition) is 2. The van der Waals surface area contributed by atoms with Crippen molar-refractivity contribution in [3.63, 3.8) is 0 Å². The van der Waals surface area contributed by atoms with Crippen LogP contribution in [0.5, 0.6) is 5.75 Å². The van der Waals surface area contributed by atoms with Gasteiger partial charge >= 0.3 is 0 Å². The molecule has 0 fully saturated rings. The maximum absolute atomic E-state index is 13.0. The van der Waals surface area contributed by atoms with Gasteiger partial charge in [0.2, 0.25) is 15.9 Å². The average Bonchev–Trinajstić information content (AvgIpc) is 2.70. The Morgan fingerprint density at radius 1 is 1.18 bits per heavy atom. The minimum Gasteiger partial charge on any atom is -0.497 e. The Kier molecular flexibility index (Phi) is 7.04. The Morgan fingerprint density at radius 3 is 2.29 bits per heavy atom. The summed E-state index contributed by atoms with van der Waals surface area (Å²) in [5, 5.41) is 19.4. The van der Waals surface area contributed by atoms with Gasteiger partial charge in [-0.2, -0.15) is 4.31 Å². The number of ether oxygens (including phenoxy) is 1. The Labute approximate surface area is 161 Å². The molecule has 150 valence electrons. The van der Waals surface area contributed by atoms with Gasteiger partial charge in [0, 0.05) is 31.6 Å². The molecule has 0 spiro atoms. The van der Waals surface area contributed by atoms with E-state index in [1.54, 1.807) is 0 Å². The van der Waals surface area contributed by atoms with Crippen LogP contribution in [0.4, 0.5) is 5.69 Å². The zero-order valence-corrected chi connectivity index (χ0v) is 15.8. The minimum absolute atomic E-state index is 0.000353. The highest BCUT2D eigenvalue weighted by Gasteiger charge is 2.25. The number of hydroxylamine groups is 1. The van der Waals surface area contributed by atoms with Crippen molar-refractivity contribution < 1.29 is 28.1 Å². The van der Waals surface area contributed by atoms with Crippen LogP contribution in [0, 0.1) is 10.1 Å². The van der Waals surface area contributed by atoms with E-state index in [1.807, 2.05) is 0 Å². The lowest BCUT2D eigenvalue weighted by Crippen LogP contribution is -2.34. The van der Waals surface area contributed by atoms with Crippen LogP contribution in [0.2, 0.25) is 0 Å². The molecule has 10 nitrogen and oxygen atoms in total. The fraction of sp³-hybridized carbons (Fsp3) is 0.235. The van der Waals surface area contributed by atoms with E-state index in [0.717, 1.165) is 4.31 Å². The minimum atomic E-state index is -3.97. The first-order chi connectivity index (χ1) is 13.3. The Hall–Kier alpha value is -3.02. The van der Waals surface area contributed by atoms with Crippen molar-refractivity contribution in [2.24, 2.45) is 0 Å². The van der Waals surface area contributed by atoms with E-state index in [1.165, 1.54) is 61.1 Å². The predicted octanol–water partition coefficient (Wildman–Crippen LogP) is 1.69. The molecule has 0 radical (unpaired) electrons. The Balaban J connectivity index is 2.30. The first-order valence-corrected chi connectivity index (χ1v) is 9.52. The highest BCUT2D eigenvalue weighted by Crippen LogP contribution is 2.22. The summed E-state index contributed by atoms with van der Waals surface area (Å²) in [4.78, 5) is 21.6. The van der Waals surface area contributed by atoms with Gasteiger partial charge in [-0.15, -0.1) is 0 Å². The quantitative estimate of drug-likeness (QED) is 0.365. The van der Waals surface area contributed by atoms with Crippen molar-refractivity contribution in [1.29, 1.82) is 0 Å². The molecule has 2 rings (SSSR count). The molecule has 1 amide bonds. The number of amides is 1. The number of nitro benzene ring substituents is 1. The first-order valence-electron chi connectivity index (χ1n) is 8.08.